The van der Waals surface area contributed by atoms with Gasteiger partial charge in [0.05, 0.1) is 5.92 Å². The van der Waals surface area contributed by atoms with Crippen LogP contribution in [0.4, 0.5) is 10.5 Å². The number of anilines is 1. The molecule has 0 heterocycles. The van der Waals surface area contributed by atoms with Crippen LogP contribution >= 0.6 is 0 Å². The third kappa shape index (κ3) is 3.76. The number of aliphatic carboxylic acids is 1. The molecule has 0 radical (unpaired) electrons. The Kier molecular flexibility index (Phi) is 5.17. The highest BCUT2D eigenvalue weighted by Crippen LogP contribution is 2.12. The van der Waals surface area contributed by atoms with Crippen molar-refractivity contribution in [3.8, 4) is 0 Å². The molecule has 0 aliphatic heterocycles. The predicted molar refractivity (Wildman–Crippen MR) is 69.7 cm³/mol. The molecular formula is C13H18N2O3. The van der Waals surface area contributed by atoms with Gasteiger partial charge in [-0.05, 0) is 19.1 Å². The van der Waals surface area contributed by atoms with E-state index in [-0.39, 0.29) is 12.6 Å². The number of benzene rings is 1. The molecule has 0 saturated carbocycles. The fraction of sp³-hybridized carbons (Fsp3) is 0.385. The van der Waals surface area contributed by atoms with Crippen molar-refractivity contribution in [2.24, 2.45) is 5.92 Å². The largest absolute Gasteiger partial charge is 0.481 e. The van der Waals surface area contributed by atoms with Crippen molar-refractivity contribution in [2.75, 3.05) is 18.0 Å². The lowest BCUT2D eigenvalue weighted by molar-refractivity contribution is -0.140. The highest BCUT2D eigenvalue weighted by atomic mass is 16.4. The van der Waals surface area contributed by atoms with Gasteiger partial charge in [0, 0.05) is 18.8 Å². The fourth-order valence-corrected chi connectivity index (χ4v) is 1.47. The van der Waals surface area contributed by atoms with Gasteiger partial charge in [-0.25, -0.2) is 4.79 Å². The summed E-state index contributed by atoms with van der Waals surface area (Å²) >= 11 is 0. The second-order valence-electron chi connectivity index (χ2n) is 4.01. The number of carbonyl (C=O) groups excluding carboxylic acids is 1. The monoisotopic (exact) mass is 250 g/mol. The zero-order valence-corrected chi connectivity index (χ0v) is 10.6. The maximum Gasteiger partial charge on any atom is 0.321 e. The third-order valence-corrected chi connectivity index (χ3v) is 2.61. The highest BCUT2D eigenvalue weighted by Gasteiger charge is 2.16. The first kappa shape index (κ1) is 14.0. The minimum atomic E-state index is -0.918. The second-order valence-corrected chi connectivity index (χ2v) is 4.01. The van der Waals surface area contributed by atoms with Crippen molar-refractivity contribution < 1.29 is 14.7 Å². The van der Waals surface area contributed by atoms with Gasteiger partial charge in [-0.2, -0.15) is 0 Å². The van der Waals surface area contributed by atoms with Gasteiger partial charge in [-0.15, -0.1) is 0 Å². The molecule has 0 aromatic heterocycles. The van der Waals surface area contributed by atoms with E-state index in [1.165, 1.54) is 0 Å². The lowest BCUT2D eigenvalue weighted by atomic mass is 10.2. The number of rotatable bonds is 5. The van der Waals surface area contributed by atoms with Crippen molar-refractivity contribution >= 4 is 17.7 Å². The number of hydrogen-bond acceptors (Lipinski definition) is 2. The number of para-hydroxylation sites is 1. The molecule has 18 heavy (non-hydrogen) atoms. The minimum Gasteiger partial charge on any atom is -0.481 e. The minimum absolute atomic E-state index is 0.123. The second kappa shape index (κ2) is 6.64. The number of hydrogen-bond donors (Lipinski definition) is 2. The number of nitrogens with one attached hydrogen (secondary N) is 1. The first-order chi connectivity index (χ1) is 8.56. The Morgan fingerprint density at radius 1 is 1.33 bits per heavy atom. The van der Waals surface area contributed by atoms with Gasteiger partial charge in [0.1, 0.15) is 0 Å². The molecule has 1 aromatic rings. The standard InChI is InChI=1S/C13H18N2O3/c1-3-15(11-7-5-4-6-8-11)13(18)14-9-10(2)12(16)17/h4-8,10H,3,9H2,1-2H3,(H,14,18)(H,16,17). The van der Waals surface area contributed by atoms with Gasteiger partial charge >= 0.3 is 12.0 Å². The molecule has 98 valence electrons. The van der Waals surface area contributed by atoms with Gasteiger partial charge in [0.15, 0.2) is 0 Å². The third-order valence-electron chi connectivity index (χ3n) is 2.61. The number of nitrogens with zero attached hydrogens (tertiary/aromatic N) is 1. The van der Waals surface area contributed by atoms with Crippen LogP contribution < -0.4 is 10.2 Å². The summed E-state index contributed by atoms with van der Waals surface area (Å²) in [5, 5.41) is 11.4. The van der Waals surface area contributed by atoms with Crippen molar-refractivity contribution in [2.45, 2.75) is 13.8 Å². The van der Waals surface area contributed by atoms with E-state index >= 15 is 0 Å². The Morgan fingerprint density at radius 3 is 2.44 bits per heavy atom. The van der Waals surface area contributed by atoms with Crippen molar-refractivity contribution in [3.63, 3.8) is 0 Å². The Hall–Kier alpha value is -2.04. The predicted octanol–water partition coefficient (Wildman–Crippen LogP) is 1.94. The van der Waals surface area contributed by atoms with Crippen LogP contribution in [-0.4, -0.2) is 30.2 Å². The molecule has 2 N–H and O–H groups in total. The highest BCUT2D eigenvalue weighted by molar-refractivity contribution is 5.92. The molecule has 0 aliphatic rings. The molecule has 5 nitrogen and oxygen atoms in total. The topological polar surface area (TPSA) is 69.6 Å². The van der Waals surface area contributed by atoms with Gasteiger partial charge in [0.2, 0.25) is 0 Å². The van der Waals surface area contributed by atoms with Crippen LogP contribution in [0.1, 0.15) is 13.8 Å². The summed E-state index contributed by atoms with van der Waals surface area (Å²) in [6, 6.07) is 8.97. The average molecular weight is 250 g/mol. The molecule has 1 unspecified atom stereocenters. The molecule has 0 saturated heterocycles. The van der Waals surface area contributed by atoms with Gasteiger partial charge in [-0.3, -0.25) is 9.69 Å². The Bertz CT molecular complexity index is 406. The van der Waals surface area contributed by atoms with Crippen molar-refractivity contribution in [1.82, 2.24) is 5.32 Å². The zero-order valence-electron chi connectivity index (χ0n) is 10.6. The van der Waals surface area contributed by atoms with Gasteiger partial charge < -0.3 is 10.4 Å². The molecule has 1 rings (SSSR count). The van der Waals surface area contributed by atoms with E-state index in [1.807, 2.05) is 37.3 Å². The van der Waals surface area contributed by atoms with E-state index in [9.17, 15) is 9.59 Å². The Morgan fingerprint density at radius 2 is 1.94 bits per heavy atom. The van der Waals surface area contributed by atoms with E-state index in [4.69, 9.17) is 5.11 Å². The SMILES string of the molecule is CCN(C(=O)NCC(C)C(=O)O)c1ccccc1. The maximum atomic E-state index is 11.9. The number of carbonyl (C=O) groups is 2. The molecule has 0 fully saturated rings. The smallest absolute Gasteiger partial charge is 0.321 e. The van der Waals surface area contributed by atoms with Crippen LogP contribution in [0.2, 0.25) is 0 Å². The first-order valence-electron chi connectivity index (χ1n) is 5.89. The molecular weight excluding hydrogens is 232 g/mol. The van der Waals surface area contributed by atoms with E-state index in [0.717, 1.165) is 5.69 Å². The number of carboxylic acids is 1. The van der Waals surface area contributed by atoms with Crippen LogP contribution in [0.15, 0.2) is 30.3 Å². The summed E-state index contributed by atoms with van der Waals surface area (Å²) in [4.78, 5) is 24.1. The molecule has 1 atom stereocenters. The van der Waals surface area contributed by atoms with Crippen LogP contribution in [0, 0.1) is 5.92 Å². The normalized spacial score (nSPS) is 11.7. The van der Waals surface area contributed by atoms with E-state index in [1.54, 1.807) is 11.8 Å². The molecule has 2 amide bonds. The summed E-state index contributed by atoms with van der Waals surface area (Å²) in [7, 11) is 0. The Labute approximate surface area is 106 Å². The number of urea groups is 1. The summed E-state index contributed by atoms with van der Waals surface area (Å²) in [6.07, 6.45) is 0. The van der Waals surface area contributed by atoms with Crippen LogP contribution in [0.25, 0.3) is 0 Å². The molecule has 5 heteroatoms. The number of carboxylic acid groups (broad SMARTS) is 1. The summed E-state index contributed by atoms with van der Waals surface area (Å²) < 4.78 is 0. The zero-order chi connectivity index (χ0) is 13.5. The summed E-state index contributed by atoms with van der Waals surface area (Å²) in [5.74, 6) is -1.51. The average Bonchev–Trinajstić information content (AvgIpc) is 2.38. The lowest BCUT2D eigenvalue weighted by Crippen LogP contribution is -2.42. The fourth-order valence-electron chi connectivity index (χ4n) is 1.47. The van der Waals surface area contributed by atoms with Crippen LogP contribution in [0.5, 0.6) is 0 Å². The van der Waals surface area contributed by atoms with E-state index in [2.05, 4.69) is 5.32 Å². The lowest BCUT2D eigenvalue weighted by Gasteiger charge is -2.22. The van der Waals surface area contributed by atoms with Crippen LogP contribution in [0.3, 0.4) is 0 Å². The van der Waals surface area contributed by atoms with Gasteiger partial charge in [-0.1, -0.05) is 25.1 Å². The van der Waals surface area contributed by atoms with E-state index in [0.29, 0.717) is 6.54 Å². The molecule has 0 bridgehead atoms. The maximum absolute atomic E-state index is 11.9. The van der Waals surface area contributed by atoms with Gasteiger partial charge in [0.25, 0.3) is 0 Å². The van der Waals surface area contributed by atoms with Crippen molar-refractivity contribution in [1.29, 1.82) is 0 Å². The quantitative estimate of drug-likeness (QED) is 0.839. The van der Waals surface area contributed by atoms with Crippen LogP contribution in [-0.2, 0) is 4.79 Å². The Balaban J connectivity index is 2.61. The summed E-state index contributed by atoms with van der Waals surface area (Å²) in [6.45, 7) is 4.07. The van der Waals surface area contributed by atoms with Crippen molar-refractivity contribution in [3.05, 3.63) is 30.3 Å². The number of amides is 2. The molecule has 0 aliphatic carbocycles. The first-order valence-corrected chi connectivity index (χ1v) is 5.89. The summed E-state index contributed by atoms with van der Waals surface area (Å²) in [5.41, 5.74) is 0.792. The van der Waals surface area contributed by atoms with E-state index < -0.39 is 11.9 Å². The molecule has 0 spiro atoms. The molecule has 1 aromatic carbocycles.